The molecule has 0 unspecified atom stereocenters. The second-order valence-electron chi connectivity index (χ2n) is 6.37. The molecule has 24 heavy (non-hydrogen) atoms. The molecule has 0 spiro atoms. The van der Waals surface area contributed by atoms with Gasteiger partial charge >= 0.3 is 0 Å². The van der Waals surface area contributed by atoms with E-state index in [-0.39, 0.29) is 5.41 Å². The van der Waals surface area contributed by atoms with Crippen LogP contribution in [-0.2, 0) is 10.2 Å². The van der Waals surface area contributed by atoms with Gasteiger partial charge in [0.25, 0.3) is 0 Å². The maximum atomic E-state index is 5.63. The summed E-state index contributed by atoms with van der Waals surface area (Å²) in [5, 5.41) is 0. The quantitative estimate of drug-likeness (QED) is 0.738. The minimum absolute atomic E-state index is 0.0365. The summed E-state index contributed by atoms with van der Waals surface area (Å²) in [4.78, 5) is 13.9. The van der Waals surface area contributed by atoms with Crippen molar-refractivity contribution in [3.8, 4) is 17.1 Å². The third-order valence-electron chi connectivity index (χ3n) is 4.37. The molecule has 0 aromatic carbocycles. The summed E-state index contributed by atoms with van der Waals surface area (Å²) in [5.74, 6) is 1.62. The molecule has 1 fully saturated rings. The standard InChI is InChI=1S/C18H20N4O2/c1-4-24-16-13(6-5-8-19-16)14-7-9-22-15(21-14)12(2)20-17(22)18(3)10-23-11-18/h5-9H,4,10-11H2,1-3H3. The van der Waals surface area contributed by atoms with E-state index in [0.29, 0.717) is 25.7 Å². The van der Waals surface area contributed by atoms with Gasteiger partial charge in [-0.2, -0.15) is 0 Å². The Morgan fingerprint density at radius 1 is 1.29 bits per heavy atom. The minimum atomic E-state index is -0.0365. The van der Waals surface area contributed by atoms with Crippen LogP contribution in [0.1, 0.15) is 25.4 Å². The molecule has 3 aromatic heterocycles. The molecule has 124 valence electrons. The lowest BCUT2D eigenvalue weighted by molar-refractivity contribution is -0.0546. The van der Waals surface area contributed by atoms with Gasteiger partial charge < -0.3 is 9.47 Å². The van der Waals surface area contributed by atoms with Crippen LogP contribution in [0.15, 0.2) is 30.6 Å². The molecule has 4 heterocycles. The molecule has 1 aliphatic heterocycles. The summed E-state index contributed by atoms with van der Waals surface area (Å²) in [6.45, 7) is 8.08. The van der Waals surface area contributed by atoms with E-state index in [1.165, 1.54) is 0 Å². The van der Waals surface area contributed by atoms with E-state index < -0.39 is 0 Å². The molecule has 0 saturated carbocycles. The monoisotopic (exact) mass is 324 g/mol. The van der Waals surface area contributed by atoms with E-state index in [1.54, 1.807) is 6.20 Å². The number of fused-ring (bicyclic) bond motifs is 1. The van der Waals surface area contributed by atoms with E-state index in [1.807, 2.05) is 38.2 Å². The van der Waals surface area contributed by atoms with E-state index in [9.17, 15) is 0 Å². The third kappa shape index (κ3) is 2.26. The number of aryl methyl sites for hydroxylation is 1. The Morgan fingerprint density at radius 2 is 2.12 bits per heavy atom. The van der Waals surface area contributed by atoms with Gasteiger partial charge in [-0.05, 0) is 39.0 Å². The first-order chi connectivity index (χ1) is 11.6. The van der Waals surface area contributed by atoms with E-state index >= 15 is 0 Å². The van der Waals surface area contributed by atoms with Crippen molar-refractivity contribution < 1.29 is 9.47 Å². The summed E-state index contributed by atoms with van der Waals surface area (Å²) in [5.41, 5.74) is 3.47. The molecule has 0 aliphatic carbocycles. The van der Waals surface area contributed by atoms with E-state index in [4.69, 9.17) is 19.4 Å². The fourth-order valence-electron chi connectivity index (χ4n) is 3.06. The molecule has 0 bridgehead atoms. The number of ether oxygens (including phenoxy) is 2. The third-order valence-corrected chi connectivity index (χ3v) is 4.37. The lowest BCUT2D eigenvalue weighted by atomic mass is 9.88. The van der Waals surface area contributed by atoms with Crippen LogP contribution in [0.3, 0.4) is 0 Å². The summed E-state index contributed by atoms with van der Waals surface area (Å²) in [7, 11) is 0. The Labute approximate surface area is 140 Å². The average molecular weight is 324 g/mol. The Kier molecular flexibility index (Phi) is 3.49. The van der Waals surface area contributed by atoms with Crippen LogP contribution in [-0.4, -0.2) is 39.2 Å². The van der Waals surface area contributed by atoms with Crippen molar-refractivity contribution in [2.24, 2.45) is 0 Å². The van der Waals surface area contributed by atoms with Gasteiger partial charge in [-0.15, -0.1) is 0 Å². The number of rotatable bonds is 4. The van der Waals surface area contributed by atoms with E-state index in [0.717, 1.165) is 28.4 Å². The van der Waals surface area contributed by atoms with Crippen LogP contribution in [0.25, 0.3) is 16.9 Å². The molecular formula is C18H20N4O2. The zero-order valence-electron chi connectivity index (χ0n) is 14.1. The van der Waals surface area contributed by atoms with Crippen LogP contribution < -0.4 is 4.74 Å². The van der Waals surface area contributed by atoms with Crippen LogP contribution in [0.5, 0.6) is 5.88 Å². The van der Waals surface area contributed by atoms with Crippen LogP contribution in [0.2, 0.25) is 0 Å². The van der Waals surface area contributed by atoms with Crippen LogP contribution in [0, 0.1) is 6.92 Å². The van der Waals surface area contributed by atoms with Gasteiger partial charge in [-0.3, -0.25) is 4.40 Å². The fraction of sp³-hybridized carbons (Fsp3) is 0.389. The van der Waals surface area contributed by atoms with Gasteiger partial charge in [0.2, 0.25) is 5.88 Å². The Bertz CT molecular complexity index is 899. The van der Waals surface area contributed by atoms with Crippen molar-refractivity contribution in [1.29, 1.82) is 0 Å². The average Bonchev–Trinajstić information content (AvgIpc) is 2.90. The predicted octanol–water partition coefficient (Wildman–Crippen LogP) is 2.79. The highest BCUT2D eigenvalue weighted by Crippen LogP contribution is 2.33. The van der Waals surface area contributed by atoms with Gasteiger partial charge in [0.1, 0.15) is 5.82 Å². The maximum absolute atomic E-state index is 5.63. The number of imidazole rings is 1. The van der Waals surface area contributed by atoms with Crippen molar-refractivity contribution in [3.63, 3.8) is 0 Å². The minimum Gasteiger partial charge on any atom is -0.477 e. The summed E-state index contributed by atoms with van der Waals surface area (Å²) >= 11 is 0. The lowest BCUT2D eigenvalue weighted by Gasteiger charge is -2.36. The molecule has 0 N–H and O–H groups in total. The Hall–Kier alpha value is -2.47. The first-order valence-corrected chi connectivity index (χ1v) is 8.14. The van der Waals surface area contributed by atoms with Gasteiger partial charge in [0.15, 0.2) is 5.65 Å². The van der Waals surface area contributed by atoms with Gasteiger partial charge in [0.05, 0.1) is 42.2 Å². The number of hydrogen-bond acceptors (Lipinski definition) is 5. The van der Waals surface area contributed by atoms with E-state index in [2.05, 4.69) is 16.3 Å². The smallest absolute Gasteiger partial charge is 0.222 e. The molecule has 6 nitrogen and oxygen atoms in total. The molecule has 4 rings (SSSR count). The zero-order chi connectivity index (χ0) is 16.7. The molecule has 1 aliphatic rings. The van der Waals surface area contributed by atoms with Crippen molar-refractivity contribution >= 4 is 5.65 Å². The Morgan fingerprint density at radius 3 is 2.83 bits per heavy atom. The molecule has 6 heteroatoms. The Balaban J connectivity index is 1.84. The molecular weight excluding hydrogens is 304 g/mol. The molecule has 1 saturated heterocycles. The van der Waals surface area contributed by atoms with Gasteiger partial charge in [0, 0.05) is 12.4 Å². The normalized spacial score (nSPS) is 16.1. The predicted molar refractivity (Wildman–Crippen MR) is 90.3 cm³/mol. The largest absolute Gasteiger partial charge is 0.477 e. The SMILES string of the molecule is CCOc1ncccc1-c1ccn2c(C3(C)COC3)nc(C)c2n1. The molecule has 0 radical (unpaired) electrons. The first-order valence-electron chi connectivity index (χ1n) is 8.14. The van der Waals surface area contributed by atoms with Crippen LogP contribution >= 0.6 is 0 Å². The first kappa shape index (κ1) is 15.1. The van der Waals surface area contributed by atoms with Crippen molar-refractivity contribution in [1.82, 2.24) is 19.4 Å². The molecule has 0 atom stereocenters. The highest BCUT2D eigenvalue weighted by atomic mass is 16.5. The number of aromatic nitrogens is 4. The fourth-order valence-corrected chi connectivity index (χ4v) is 3.06. The second kappa shape index (κ2) is 5.56. The number of nitrogens with zero attached hydrogens (tertiary/aromatic N) is 4. The molecule has 3 aromatic rings. The van der Waals surface area contributed by atoms with Crippen molar-refractivity contribution in [2.45, 2.75) is 26.2 Å². The topological polar surface area (TPSA) is 61.5 Å². The summed E-state index contributed by atoms with van der Waals surface area (Å²) in [6.07, 6.45) is 3.76. The van der Waals surface area contributed by atoms with Crippen molar-refractivity contribution in [3.05, 3.63) is 42.1 Å². The number of pyridine rings is 1. The summed E-state index contributed by atoms with van der Waals surface area (Å²) in [6, 6.07) is 5.86. The lowest BCUT2D eigenvalue weighted by Crippen LogP contribution is -2.45. The number of hydrogen-bond donors (Lipinski definition) is 0. The van der Waals surface area contributed by atoms with Crippen molar-refractivity contribution in [2.75, 3.05) is 19.8 Å². The van der Waals surface area contributed by atoms with Gasteiger partial charge in [-0.25, -0.2) is 15.0 Å². The summed E-state index contributed by atoms with van der Waals surface area (Å²) < 4.78 is 13.1. The highest BCUT2D eigenvalue weighted by molar-refractivity contribution is 5.67. The van der Waals surface area contributed by atoms with Gasteiger partial charge in [-0.1, -0.05) is 0 Å². The highest BCUT2D eigenvalue weighted by Gasteiger charge is 2.39. The maximum Gasteiger partial charge on any atom is 0.222 e. The zero-order valence-corrected chi connectivity index (χ0v) is 14.1. The second-order valence-corrected chi connectivity index (χ2v) is 6.37. The molecule has 0 amide bonds. The van der Waals surface area contributed by atoms with Crippen LogP contribution in [0.4, 0.5) is 0 Å².